The van der Waals surface area contributed by atoms with Crippen molar-refractivity contribution in [2.75, 3.05) is 13.1 Å². The maximum Gasteiger partial charge on any atom is 0.261 e. The number of hydrogen-bond acceptors (Lipinski definition) is 8. The van der Waals surface area contributed by atoms with Crippen LogP contribution in [0.3, 0.4) is 0 Å². The second-order valence-corrected chi connectivity index (χ2v) is 41.8. The normalized spacial score (nSPS) is 13.8. The summed E-state index contributed by atoms with van der Waals surface area (Å²) in [5.74, 6) is 0.731. The zero-order valence-electron chi connectivity index (χ0n) is 73.8. The molecule has 2 amide bonds. The molecule has 6 nitrogen and oxygen atoms in total. The highest BCUT2D eigenvalue weighted by Crippen LogP contribution is 2.53. The molecule has 0 bridgehead atoms. The summed E-state index contributed by atoms with van der Waals surface area (Å²) in [4.78, 5) is 55.9. The van der Waals surface area contributed by atoms with Gasteiger partial charge in [0.05, 0.1) is 61.0 Å². The Morgan fingerprint density at radius 1 is 0.277 bits per heavy atom. The predicted octanol–water partition coefficient (Wildman–Crippen LogP) is 35.9. The number of halogens is 2. The third-order valence-corrected chi connectivity index (χ3v) is 30.7. The molecule has 0 radical (unpaired) electrons. The average molecular weight is 1750 g/mol. The van der Waals surface area contributed by atoms with Crippen LogP contribution in [0.15, 0.2) is 30.9 Å². The lowest BCUT2D eigenvalue weighted by Gasteiger charge is -2.29. The van der Waals surface area contributed by atoms with Gasteiger partial charge in [-0.25, -0.2) is 9.97 Å². The second kappa shape index (κ2) is 63.1. The Bertz CT molecular complexity index is 3130. The van der Waals surface area contributed by atoms with Crippen molar-refractivity contribution in [3.05, 3.63) is 63.3 Å². The van der Waals surface area contributed by atoms with Crippen LogP contribution in [-0.4, -0.2) is 44.7 Å². The van der Waals surface area contributed by atoms with Gasteiger partial charge in [0.1, 0.15) is 10.0 Å². The number of aromatic nitrogens is 2. The molecule has 0 fully saturated rings. The Kier molecular flexibility index (Phi) is 55.7. The number of rotatable bonds is 76. The Morgan fingerprint density at radius 3 is 0.875 bits per heavy atom. The van der Waals surface area contributed by atoms with E-state index in [0.717, 1.165) is 106 Å². The first kappa shape index (κ1) is 98.9. The number of amides is 2. The minimum atomic E-state index is 0.0432. The van der Waals surface area contributed by atoms with Crippen LogP contribution in [-0.2, 0) is 35.3 Å². The monoisotopic (exact) mass is 1740 g/mol. The third kappa shape index (κ3) is 37.4. The first-order valence-electron chi connectivity index (χ1n) is 48.8. The molecule has 2 aliphatic rings. The topological polar surface area (TPSA) is 66.4 Å². The van der Waals surface area contributed by atoms with Crippen LogP contribution in [0.25, 0.3) is 31.0 Å². The summed E-state index contributed by atoms with van der Waals surface area (Å²) >= 11 is 15.5. The van der Waals surface area contributed by atoms with E-state index in [9.17, 15) is 0 Å². The van der Waals surface area contributed by atoms with E-state index in [1.54, 1.807) is 0 Å². The number of thiazole rings is 2. The summed E-state index contributed by atoms with van der Waals surface area (Å²) in [5, 5.41) is 1.96. The molecule has 0 N–H and O–H groups in total. The molecule has 0 spiro atoms. The minimum Gasteiger partial charge on any atom is -0.306 e. The summed E-state index contributed by atoms with van der Waals surface area (Å²) in [6, 6.07) is 4.82. The number of unbranched alkanes of at least 4 members (excludes halogenated alkanes) is 52. The van der Waals surface area contributed by atoms with Crippen LogP contribution in [0.4, 0.5) is 0 Å². The van der Waals surface area contributed by atoms with Gasteiger partial charge in [0.25, 0.3) is 11.8 Å². The summed E-state index contributed by atoms with van der Waals surface area (Å²) < 4.78 is 2.35. The Labute approximate surface area is 723 Å². The van der Waals surface area contributed by atoms with Gasteiger partial charge in [-0.15, -0.1) is 45.3 Å². The molecule has 112 heavy (non-hydrogen) atoms. The zero-order chi connectivity index (χ0) is 79.9. The molecule has 2 unspecified atom stereocenters. The van der Waals surface area contributed by atoms with Crippen molar-refractivity contribution < 1.29 is 9.59 Å². The SMILES string of the molecule is CCCCCCCCCCCCc1cc(Br)sc1-c1nc(CCCCCCCCCCCC)c(C2=C3C(=O)N(CC(CCCCCC)CCCCCCCC)C(c4nc(CCCCCCCCCCCC)c(-c5sc(Br)cc5CCCCCCCCCCCC)s4)=C3C(=O)N2CC(CCCCCC)CCCCCCCC)s1. The lowest BCUT2D eigenvalue weighted by Crippen LogP contribution is -2.35. The first-order valence-corrected chi connectivity index (χ1v) is 53.6. The van der Waals surface area contributed by atoms with Crippen molar-refractivity contribution >= 4 is 100 Å². The fourth-order valence-corrected chi connectivity index (χ4v) is 23.9. The zero-order valence-corrected chi connectivity index (χ0v) is 80.2. The molecule has 6 rings (SSSR count). The molecule has 2 atom stereocenters. The van der Waals surface area contributed by atoms with Crippen LogP contribution in [0, 0.1) is 11.8 Å². The van der Waals surface area contributed by atoms with Gasteiger partial charge in [-0.3, -0.25) is 9.59 Å². The lowest BCUT2D eigenvalue weighted by molar-refractivity contribution is -0.124. The maximum absolute atomic E-state index is 17.3. The van der Waals surface area contributed by atoms with E-state index in [4.69, 9.17) is 9.97 Å². The summed E-state index contributed by atoms with van der Waals surface area (Å²) in [5.41, 5.74) is 8.14. The van der Waals surface area contributed by atoms with E-state index < -0.39 is 0 Å². The van der Waals surface area contributed by atoms with Gasteiger partial charge in [-0.05, 0) is 144 Å². The molecule has 2 aliphatic heterocycles. The van der Waals surface area contributed by atoms with E-state index >= 15 is 9.59 Å². The minimum absolute atomic E-state index is 0.0432. The van der Waals surface area contributed by atoms with Crippen LogP contribution in [0.2, 0.25) is 0 Å². The number of nitrogens with zero attached hydrogens (tertiary/aromatic N) is 4. The fraction of sp³-hybridized carbons (Fsp3) is 0.800. The fourth-order valence-electron chi connectivity index (χ4n) is 17.8. The molecule has 0 aromatic carbocycles. The molecule has 638 valence electrons. The quantitative estimate of drug-likeness (QED) is 0.0413. The third-order valence-electron chi connectivity index (χ3n) is 24.8. The largest absolute Gasteiger partial charge is 0.306 e. The molecule has 4 aromatic heterocycles. The van der Waals surface area contributed by atoms with Crippen molar-refractivity contribution in [1.29, 1.82) is 0 Å². The lowest BCUT2D eigenvalue weighted by atomic mass is 9.93. The van der Waals surface area contributed by atoms with Gasteiger partial charge in [0.2, 0.25) is 0 Å². The van der Waals surface area contributed by atoms with Crippen molar-refractivity contribution in [1.82, 2.24) is 19.8 Å². The van der Waals surface area contributed by atoms with E-state index in [1.807, 2.05) is 45.3 Å². The number of thiophene rings is 2. The highest BCUT2D eigenvalue weighted by atomic mass is 79.9. The van der Waals surface area contributed by atoms with Crippen molar-refractivity contribution in [3.63, 3.8) is 0 Å². The number of carbonyl (C=O) groups excluding carboxylic acids is 2. The van der Waals surface area contributed by atoms with Gasteiger partial charge in [0, 0.05) is 13.1 Å². The standard InChI is InChI=1S/C100H168Br2N4O2S4/c1-9-17-25-33-39-43-47-51-57-65-73-83-77-87(101)109-93(83)96-86(76-68-60-54-50-46-42-36-28-20-12-4)103-97(112-96)92-90-89(99(107)106(92)80-82(70-62-32-24-16-8)72-64-56-38-30-22-14-6)91(105(100(90)108)79-81(69-61-31-23-15-7)71-63-55-37-29-21-13-5)95-85(75-67-59-53-49-45-41-35-27-19-11-3)104-98(111-95)94-84(78-88(102)110-94)74-66-58-52-48-44-40-34-26-18-10-2/h77-78,81-82H,9-76,79-80H2,1-8H3. The van der Waals surface area contributed by atoms with Crippen LogP contribution in [0.1, 0.15) is 499 Å². The first-order chi connectivity index (χ1) is 55.1. The van der Waals surface area contributed by atoms with E-state index in [1.165, 1.54) is 401 Å². The van der Waals surface area contributed by atoms with Crippen molar-refractivity contribution in [3.8, 4) is 19.6 Å². The molecule has 4 aromatic rings. The highest BCUT2D eigenvalue weighted by molar-refractivity contribution is 9.11. The second-order valence-electron chi connectivity index (χ2n) is 34.9. The number of fused-ring (bicyclic) bond motifs is 1. The maximum atomic E-state index is 17.3. The summed E-state index contributed by atoms with van der Waals surface area (Å²) in [7, 11) is 0. The van der Waals surface area contributed by atoms with Gasteiger partial charge in [-0.2, -0.15) is 0 Å². The molecule has 0 saturated heterocycles. The number of carbonyl (C=O) groups is 2. The molecule has 6 heterocycles. The molecule has 0 saturated carbocycles. The van der Waals surface area contributed by atoms with Gasteiger partial charge < -0.3 is 9.80 Å². The van der Waals surface area contributed by atoms with Gasteiger partial charge in [0.15, 0.2) is 0 Å². The summed E-state index contributed by atoms with van der Waals surface area (Å²) in [6.45, 7) is 19.9. The van der Waals surface area contributed by atoms with Crippen LogP contribution < -0.4 is 0 Å². The molecular formula is C100H168Br2N4O2S4. The average Bonchev–Trinajstić information content (AvgIpc) is 1.55. The van der Waals surface area contributed by atoms with Gasteiger partial charge >= 0.3 is 0 Å². The van der Waals surface area contributed by atoms with Crippen molar-refractivity contribution in [2.45, 2.75) is 492 Å². The van der Waals surface area contributed by atoms with E-state index in [-0.39, 0.29) is 11.8 Å². The van der Waals surface area contributed by atoms with Crippen LogP contribution >= 0.6 is 77.2 Å². The van der Waals surface area contributed by atoms with E-state index in [0.29, 0.717) is 36.1 Å². The molecule has 0 aliphatic carbocycles. The molecular weight excluding hydrogens is 1580 g/mol. The van der Waals surface area contributed by atoms with Crippen molar-refractivity contribution in [2.24, 2.45) is 11.8 Å². The number of aryl methyl sites for hydroxylation is 4. The van der Waals surface area contributed by atoms with E-state index in [2.05, 4.69) is 109 Å². The molecule has 12 heteroatoms. The summed E-state index contributed by atoms with van der Waals surface area (Å²) in [6.07, 6.45) is 85.2. The highest BCUT2D eigenvalue weighted by Gasteiger charge is 2.51. The smallest absolute Gasteiger partial charge is 0.261 e. The Balaban J connectivity index is 1.57. The Hall–Kier alpha value is -1.96. The van der Waals surface area contributed by atoms with Gasteiger partial charge in [-0.1, -0.05) is 415 Å². The Morgan fingerprint density at radius 2 is 0.527 bits per heavy atom. The van der Waals surface area contributed by atoms with Crippen LogP contribution in [0.5, 0.6) is 0 Å². The predicted molar refractivity (Wildman–Crippen MR) is 506 cm³/mol. The number of hydrogen-bond donors (Lipinski definition) is 0.